The van der Waals surface area contributed by atoms with Gasteiger partial charge in [-0.2, -0.15) is 5.26 Å². The fourth-order valence-corrected chi connectivity index (χ4v) is 1.00. The lowest BCUT2D eigenvalue weighted by atomic mass is 10.2. The van der Waals surface area contributed by atoms with Crippen LogP contribution in [0.25, 0.3) is 0 Å². The molecule has 1 unspecified atom stereocenters. The summed E-state index contributed by atoms with van der Waals surface area (Å²) < 4.78 is 4.95. The molecule has 12 heavy (non-hydrogen) atoms. The van der Waals surface area contributed by atoms with Crippen molar-refractivity contribution >= 4 is 11.6 Å². The molecule has 1 N–H and O–H groups in total. The van der Waals surface area contributed by atoms with Crippen LogP contribution in [0.15, 0.2) is 16.5 Å². The summed E-state index contributed by atoms with van der Waals surface area (Å²) in [4.78, 5) is 0. The van der Waals surface area contributed by atoms with Gasteiger partial charge in [0.05, 0.1) is 6.07 Å². The van der Waals surface area contributed by atoms with Crippen LogP contribution in [0.1, 0.15) is 24.7 Å². The quantitative estimate of drug-likeness (QED) is 0.786. The summed E-state index contributed by atoms with van der Waals surface area (Å²) >= 11 is 5.50. The number of aliphatic hydroxyl groups excluding tert-OH is 1. The van der Waals surface area contributed by atoms with E-state index in [1.54, 1.807) is 12.1 Å². The number of hydrogen-bond acceptors (Lipinski definition) is 3. The van der Waals surface area contributed by atoms with Gasteiger partial charge in [-0.05, 0) is 30.2 Å². The molecule has 0 aliphatic carbocycles. The molecule has 0 saturated carbocycles. The van der Waals surface area contributed by atoms with Gasteiger partial charge in [-0.1, -0.05) is 0 Å². The number of nitrogens with zero attached hydrogens (tertiary/aromatic N) is 1. The van der Waals surface area contributed by atoms with Crippen molar-refractivity contribution in [3.8, 4) is 6.07 Å². The number of rotatable bonds is 3. The molecule has 1 rings (SSSR count). The minimum atomic E-state index is -0.725. The molecule has 0 fully saturated rings. The SMILES string of the molecule is N#CCCC(O)c1ccc(Cl)o1. The molecule has 1 heterocycles. The van der Waals surface area contributed by atoms with Crippen LogP contribution in [-0.2, 0) is 0 Å². The van der Waals surface area contributed by atoms with E-state index in [9.17, 15) is 5.11 Å². The van der Waals surface area contributed by atoms with Crippen molar-refractivity contribution in [3.63, 3.8) is 0 Å². The van der Waals surface area contributed by atoms with E-state index in [0.29, 0.717) is 18.6 Å². The van der Waals surface area contributed by atoms with Crippen molar-refractivity contribution < 1.29 is 9.52 Å². The van der Waals surface area contributed by atoms with Crippen molar-refractivity contribution in [2.75, 3.05) is 0 Å². The van der Waals surface area contributed by atoms with Gasteiger partial charge in [0.1, 0.15) is 11.9 Å². The van der Waals surface area contributed by atoms with Gasteiger partial charge in [0.25, 0.3) is 0 Å². The van der Waals surface area contributed by atoms with Crippen LogP contribution in [0.2, 0.25) is 5.22 Å². The molecule has 1 aromatic heterocycles. The molecule has 1 aromatic rings. The molecule has 4 heteroatoms. The number of hydrogen-bond donors (Lipinski definition) is 1. The number of halogens is 1. The van der Waals surface area contributed by atoms with Crippen LogP contribution in [0.3, 0.4) is 0 Å². The fourth-order valence-electron chi connectivity index (χ4n) is 0.851. The van der Waals surface area contributed by atoms with Crippen LogP contribution in [0.5, 0.6) is 0 Å². The summed E-state index contributed by atoms with van der Waals surface area (Å²) in [5, 5.41) is 17.9. The Bertz CT molecular complexity index is 289. The van der Waals surface area contributed by atoms with Crippen molar-refractivity contribution in [3.05, 3.63) is 23.1 Å². The van der Waals surface area contributed by atoms with E-state index in [4.69, 9.17) is 21.3 Å². The third kappa shape index (κ3) is 2.26. The zero-order chi connectivity index (χ0) is 8.97. The lowest BCUT2D eigenvalue weighted by Crippen LogP contribution is -1.93. The summed E-state index contributed by atoms with van der Waals surface area (Å²) in [5.74, 6) is 0.412. The van der Waals surface area contributed by atoms with Gasteiger partial charge in [0.2, 0.25) is 0 Å². The average Bonchev–Trinajstić information content (AvgIpc) is 2.47. The van der Waals surface area contributed by atoms with Crippen LogP contribution in [0, 0.1) is 11.3 Å². The van der Waals surface area contributed by atoms with E-state index in [1.807, 2.05) is 6.07 Å². The van der Waals surface area contributed by atoms with Gasteiger partial charge in [-0.25, -0.2) is 0 Å². The maximum absolute atomic E-state index is 9.36. The number of furan rings is 1. The van der Waals surface area contributed by atoms with Gasteiger partial charge < -0.3 is 9.52 Å². The first-order chi connectivity index (χ1) is 5.74. The Morgan fingerprint density at radius 3 is 2.92 bits per heavy atom. The molecular weight excluding hydrogens is 178 g/mol. The molecule has 0 amide bonds. The lowest BCUT2D eigenvalue weighted by Gasteiger charge is -2.02. The number of nitriles is 1. The van der Waals surface area contributed by atoms with Crippen LogP contribution < -0.4 is 0 Å². The largest absolute Gasteiger partial charge is 0.447 e. The molecule has 3 nitrogen and oxygen atoms in total. The first-order valence-corrected chi connectivity index (χ1v) is 3.92. The predicted octanol–water partition coefficient (Wildman–Crippen LogP) is 2.27. The van der Waals surface area contributed by atoms with Crippen LogP contribution in [0.4, 0.5) is 0 Å². The van der Waals surface area contributed by atoms with E-state index in [-0.39, 0.29) is 5.22 Å². The van der Waals surface area contributed by atoms with Gasteiger partial charge in [-0.3, -0.25) is 0 Å². The summed E-state index contributed by atoms with van der Waals surface area (Å²) in [6.45, 7) is 0. The topological polar surface area (TPSA) is 57.2 Å². The normalized spacial score (nSPS) is 12.4. The highest BCUT2D eigenvalue weighted by atomic mass is 35.5. The van der Waals surface area contributed by atoms with Gasteiger partial charge >= 0.3 is 0 Å². The maximum Gasteiger partial charge on any atom is 0.193 e. The molecule has 1 atom stereocenters. The second-order valence-electron chi connectivity index (χ2n) is 2.35. The van der Waals surface area contributed by atoms with Crippen molar-refractivity contribution in [2.45, 2.75) is 18.9 Å². The van der Waals surface area contributed by atoms with E-state index in [2.05, 4.69) is 0 Å². The Balaban J connectivity index is 2.54. The summed E-state index contributed by atoms with van der Waals surface area (Å²) in [7, 11) is 0. The molecule has 0 aromatic carbocycles. The highest BCUT2D eigenvalue weighted by molar-refractivity contribution is 6.28. The molecule has 0 saturated heterocycles. The third-order valence-corrected chi connectivity index (χ3v) is 1.66. The van der Waals surface area contributed by atoms with Crippen molar-refractivity contribution in [1.29, 1.82) is 5.26 Å². The second kappa shape index (κ2) is 4.15. The summed E-state index contributed by atoms with van der Waals surface area (Å²) in [6, 6.07) is 5.10. The van der Waals surface area contributed by atoms with Crippen molar-refractivity contribution in [1.82, 2.24) is 0 Å². The molecular formula is C8H8ClNO2. The molecule has 0 radical (unpaired) electrons. The van der Waals surface area contributed by atoms with E-state index in [0.717, 1.165) is 0 Å². The Morgan fingerprint density at radius 2 is 2.42 bits per heavy atom. The lowest BCUT2D eigenvalue weighted by molar-refractivity contribution is 0.142. The smallest absolute Gasteiger partial charge is 0.193 e. The van der Waals surface area contributed by atoms with Gasteiger partial charge in [0.15, 0.2) is 5.22 Å². The van der Waals surface area contributed by atoms with E-state index >= 15 is 0 Å². The minimum absolute atomic E-state index is 0.251. The van der Waals surface area contributed by atoms with E-state index in [1.165, 1.54) is 0 Å². The first kappa shape index (κ1) is 9.11. The third-order valence-electron chi connectivity index (χ3n) is 1.45. The van der Waals surface area contributed by atoms with Gasteiger partial charge in [-0.15, -0.1) is 0 Å². The summed E-state index contributed by atoms with van der Waals surface area (Å²) in [5.41, 5.74) is 0. The van der Waals surface area contributed by atoms with Crippen molar-refractivity contribution in [2.24, 2.45) is 0 Å². The zero-order valence-electron chi connectivity index (χ0n) is 6.33. The Hall–Kier alpha value is -0.980. The minimum Gasteiger partial charge on any atom is -0.447 e. The maximum atomic E-state index is 9.36. The second-order valence-corrected chi connectivity index (χ2v) is 2.73. The fraction of sp³-hybridized carbons (Fsp3) is 0.375. The number of aliphatic hydroxyl groups is 1. The Morgan fingerprint density at radius 1 is 1.67 bits per heavy atom. The van der Waals surface area contributed by atoms with Crippen LogP contribution >= 0.6 is 11.6 Å². The van der Waals surface area contributed by atoms with Gasteiger partial charge in [0, 0.05) is 6.42 Å². The summed E-state index contributed by atoms with van der Waals surface area (Å²) in [6.07, 6.45) is -0.0445. The molecule has 0 aliphatic rings. The highest BCUT2D eigenvalue weighted by Gasteiger charge is 2.10. The van der Waals surface area contributed by atoms with E-state index < -0.39 is 6.10 Å². The Labute approximate surface area is 75.2 Å². The molecule has 64 valence electrons. The molecule has 0 spiro atoms. The van der Waals surface area contributed by atoms with Crippen LogP contribution in [-0.4, -0.2) is 5.11 Å². The monoisotopic (exact) mass is 185 g/mol. The zero-order valence-corrected chi connectivity index (χ0v) is 7.08. The highest BCUT2D eigenvalue weighted by Crippen LogP contribution is 2.22. The first-order valence-electron chi connectivity index (χ1n) is 3.54. The molecule has 0 aliphatic heterocycles. The molecule has 0 bridgehead atoms. The standard InChI is InChI=1S/C8H8ClNO2/c9-8-4-3-7(12-8)6(11)2-1-5-10/h3-4,6,11H,1-2H2. The predicted molar refractivity (Wildman–Crippen MR) is 43.5 cm³/mol. The Kier molecular flexibility index (Phi) is 3.15. The average molecular weight is 186 g/mol.